The molecule has 0 unspecified atom stereocenters. The Labute approximate surface area is 88.3 Å². The van der Waals surface area contributed by atoms with Crippen molar-refractivity contribution >= 4 is 21.6 Å². The quantitative estimate of drug-likeness (QED) is 0.850. The monoisotopic (exact) mass is 258 g/mol. The zero-order chi connectivity index (χ0) is 10.3. The summed E-state index contributed by atoms with van der Waals surface area (Å²) in [5.41, 5.74) is 1.94. The van der Waals surface area contributed by atoms with Gasteiger partial charge in [-0.05, 0) is 28.9 Å². The lowest BCUT2D eigenvalue weighted by molar-refractivity contribution is 0.274. The molecule has 0 amide bonds. The number of aromatic nitrogens is 2. The van der Waals surface area contributed by atoms with E-state index in [9.17, 15) is 4.39 Å². The zero-order valence-corrected chi connectivity index (χ0v) is 9.05. The Kier molecular flexibility index (Phi) is 2.28. The number of rotatable bonds is 1. The summed E-state index contributed by atoms with van der Waals surface area (Å²) in [6.07, 6.45) is 1.31. The van der Waals surface area contributed by atoms with Crippen LogP contribution in [0.5, 0.6) is 0 Å². The van der Waals surface area contributed by atoms with Crippen LogP contribution in [0, 0.1) is 12.7 Å². The van der Waals surface area contributed by atoms with E-state index in [1.165, 1.54) is 12.3 Å². The van der Waals surface area contributed by atoms with Gasteiger partial charge in [-0.3, -0.25) is 4.40 Å². The summed E-state index contributed by atoms with van der Waals surface area (Å²) in [6.45, 7) is 1.63. The Balaban J connectivity index is 2.87. The van der Waals surface area contributed by atoms with E-state index in [0.29, 0.717) is 21.5 Å². The van der Waals surface area contributed by atoms with Gasteiger partial charge in [0, 0.05) is 6.20 Å². The Morgan fingerprint density at radius 3 is 3.00 bits per heavy atom. The Hall–Kier alpha value is -0.940. The molecule has 0 aliphatic heterocycles. The minimum absolute atomic E-state index is 0.150. The Morgan fingerprint density at radius 2 is 2.36 bits per heavy atom. The summed E-state index contributed by atoms with van der Waals surface area (Å²) >= 11 is 3.22. The maximum Gasteiger partial charge on any atom is 0.151 e. The second-order valence-electron chi connectivity index (χ2n) is 3.00. The van der Waals surface area contributed by atoms with Crippen molar-refractivity contribution in [2.75, 3.05) is 0 Å². The first-order chi connectivity index (χ1) is 6.63. The molecule has 0 saturated carbocycles. The van der Waals surface area contributed by atoms with Gasteiger partial charge in [0.05, 0.1) is 22.5 Å². The number of hydrogen-bond acceptors (Lipinski definition) is 2. The summed E-state index contributed by atoms with van der Waals surface area (Å²) in [5.74, 6) is -0.364. The van der Waals surface area contributed by atoms with Gasteiger partial charge in [0.25, 0.3) is 0 Å². The Bertz CT molecular complexity index is 495. The average Bonchev–Trinajstić information content (AvgIpc) is 2.41. The molecule has 0 atom stereocenters. The SMILES string of the molecule is Cc1nc2c(Br)cc(F)cn2c1CO. The zero-order valence-electron chi connectivity index (χ0n) is 7.46. The second kappa shape index (κ2) is 3.33. The largest absolute Gasteiger partial charge is 0.390 e. The number of aryl methyl sites for hydroxylation is 1. The summed E-state index contributed by atoms with van der Waals surface area (Å²) < 4.78 is 15.2. The van der Waals surface area contributed by atoms with Gasteiger partial charge < -0.3 is 5.11 Å². The van der Waals surface area contributed by atoms with E-state index in [1.54, 1.807) is 11.3 Å². The van der Waals surface area contributed by atoms with E-state index in [-0.39, 0.29) is 12.4 Å². The molecule has 0 spiro atoms. The van der Waals surface area contributed by atoms with Crippen LogP contribution in [-0.2, 0) is 6.61 Å². The van der Waals surface area contributed by atoms with Crippen molar-refractivity contribution in [3.8, 4) is 0 Å². The molecule has 2 rings (SSSR count). The fraction of sp³-hybridized carbons (Fsp3) is 0.222. The molecule has 3 nitrogen and oxygen atoms in total. The molecule has 74 valence electrons. The van der Waals surface area contributed by atoms with Gasteiger partial charge in [-0.1, -0.05) is 0 Å². The van der Waals surface area contributed by atoms with Crippen molar-refractivity contribution in [1.82, 2.24) is 9.38 Å². The van der Waals surface area contributed by atoms with Crippen LogP contribution in [0.25, 0.3) is 5.65 Å². The van der Waals surface area contributed by atoms with Crippen LogP contribution in [0.1, 0.15) is 11.4 Å². The standard InChI is InChI=1S/C9H8BrFN2O/c1-5-8(4-14)13-3-6(11)2-7(10)9(13)12-5/h2-3,14H,4H2,1H3. The lowest BCUT2D eigenvalue weighted by Crippen LogP contribution is -1.95. The summed E-state index contributed by atoms with van der Waals surface area (Å²) in [7, 11) is 0. The molecule has 0 radical (unpaired) electrons. The molecule has 0 fully saturated rings. The first kappa shape index (κ1) is 9.61. The van der Waals surface area contributed by atoms with Crippen molar-refractivity contribution in [2.45, 2.75) is 13.5 Å². The van der Waals surface area contributed by atoms with Crippen molar-refractivity contribution in [2.24, 2.45) is 0 Å². The van der Waals surface area contributed by atoms with Gasteiger partial charge >= 0.3 is 0 Å². The van der Waals surface area contributed by atoms with Crippen LogP contribution in [0.15, 0.2) is 16.7 Å². The minimum atomic E-state index is -0.364. The lowest BCUT2D eigenvalue weighted by Gasteiger charge is -2.00. The van der Waals surface area contributed by atoms with Crippen molar-refractivity contribution in [3.05, 3.63) is 33.9 Å². The molecule has 0 aliphatic carbocycles. The number of aliphatic hydroxyl groups is 1. The van der Waals surface area contributed by atoms with Crippen LogP contribution in [-0.4, -0.2) is 14.5 Å². The van der Waals surface area contributed by atoms with Crippen molar-refractivity contribution < 1.29 is 9.50 Å². The second-order valence-corrected chi connectivity index (χ2v) is 3.86. The number of imidazole rings is 1. The van der Waals surface area contributed by atoms with E-state index in [2.05, 4.69) is 20.9 Å². The number of aliphatic hydroxyl groups excluding tert-OH is 1. The number of halogens is 2. The predicted molar refractivity (Wildman–Crippen MR) is 53.5 cm³/mol. The molecule has 1 N–H and O–H groups in total. The fourth-order valence-corrected chi connectivity index (χ4v) is 1.92. The third kappa shape index (κ3) is 1.33. The summed E-state index contributed by atoms with van der Waals surface area (Å²) in [5, 5.41) is 9.09. The van der Waals surface area contributed by atoms with Crippen LogP contribution in [0.4, 0.5) is 4.39 Å². The maximum absolute atomic E-state index is 13.1. The molecule has 5 heteroatoms. The molecule has 0 aromatic carbocycles. The average molecular weight is 259 g/mol. The third-order valence-corrected chi connectivity index (χ3v) is 2.67. The van der Waals surface area contributed by atoms with Crippen LogP contribution in [0.3, 0.4) is 0 Å². The molecule has 0 aliphatic rings. The molecule has 2 heterocycles. The number of hydrogen-bond donors (Lipinski definition) is 1. The maximum atomic E-state index is 13.1. The van der Waals surface area contributed by atoms with Gasteiger partial charge in [-0.25, -0.2) is 9.37 Å². The summed E-state index contributed by atoms with van der Waals surface area (Å²) in [6, 6.07) is 1.35. The van der Waals surface area contributed by atoms with Gasteiger partial charge in [-0.2, -0.15) is 0 Å². The van der Waals surface area contributed by atoms with Crippen LogP contribution in [0.2, 0.25) is 0 Å². The van der Waals surface area contributed by atoms with Gasteiger partial charge in [-0.15, -0.1) is 0 Å². The predicted octanol–water partition coefficient (Wildman–Crippen LogP) is 2.04. The molecule has 14 heavy (non-hydrogen) atoms. The molecule has 0 saturated heterocycles. The molecular weight excluding hydrogens is 251 g/mol. The van der Waals surface area contributed by atoms with Crippen LogP contribution >= 0.6 is 15.9 Å². The number of nitrogens with zero attached hydrogens (tertiary/aromatic N) is 2. The molecule has 2 aromatic heterocycles. The van der Waals surface area contributed by atoms with E-state index >= 15 is 0 Å². The van der Waals surface area contributed by atoms with E-state index in [1.807, 2.05) is 0 Å². The highest BCUT2D eigenvalue weighted by atomic mass is 79.9. The van der Waals surface area contributed by atoms with Crippen molar-refractivity contribution in [1.29, 1.82) is 0 Å². The van der Waals surface area contributed by atoms with E-state index < -0.39 is 0 Å². The third-order valence-electron chi connectivity index (χ3n) is 2.09. The topological polar surface area (TPSA) is 37.5 Å². The van der Waals surface area contributed by atoms with E-state index in [0.717, 1.165) is 0 Å². The highest BCUT2D eigenvalue weighted by molar-refractivity contribution is 9.10. The first-order valence-corrected chi connectivity index (χ1v) is 4.86. The van der Waals surface area contributed by atoms with E-state index in [4.69, 9.17) is 5.11 Å². The van der Waals surface area contributed by atoms with Gasteiger partial charge in [0.2, 0.25) is 0 Å². The van der Waals surface area contributed by atoms with Gasteiger partial charge in [0.1, 0.15) is 5.82 Å². The molecular formula is C9H8BrFN2O. The van der Waals surface area contributed by atoms with Gasteiger partial charge in [0.15, 0.2) is 5.65 Å². The smallest absolute Gasteiger partial charge is 0.151 e. The molecule has 2 aromatic rings. The number of pyridine rings is 1. The first-order valence-electron chi connectivity index (χ1n) is 4.07. The summed E-state index contributed by atoms with van der Waals surface area (Å²) in [4.78, 5) is 4.21. The Morgan fingerprint density at radius 1 is 1.64 bits per heavy atom. The highest BCUT2D eigenvalue weighted by Crippen LogP contribution is 2.21. The highest BCUT2D eigenvalue weighted by Gasteiger charge is 2.11. The van der Waals surface area contributed by atoms with Crippen LogP contribution < -0.4 is 0 Å². The normalized spacial score (nSPS) is 11.1. The lowest BCUT2D eigenvalue weighted by atomic mass is 10.3. The van der Waals surface area contributed by atoms with Crippen molar-refractivity contribution in [3.63, 3.8) is 0 Å². The fourth-order valence-electron chi connectivity index (χ4n) is 1.42. The number of fused-ring (bicyclic) bond motifs is 1. The molecule has 0 bridgehead atoms. The minimum Gasteiger partial charge on any atom is -0.390 e.